The molecule has 0 aromatic rings. The number of amides is 3. The van der Waals surface area contributed by atoms with Gasteiger partial charge in [-0.15, -0.1) is 0 Å². The van der Waals surface area contributed by atoms with Gasteiger partial charge in [-0.2, -0.15) is 0 Å². The summed E-state index contributed by atoms with van der Waals surface area (Å²) >= 11 is 0. The number of carbonyl (C=O) groups is 3. The van der Waals surface area contributed by atoms with E-state index in [0.717, 1.165) is 6.42 Å². The van der Waals surface area contributed by atoms with E-state index in [1.54, 1.807) is 6.92 Å². The first-order chi connectivity index (χ1) is 10.0. The first kappa shape index (κ1) is 17.2. The number of carboxylic acids is 1. The number of hydrogen-bond donors (Lipinski definition) is 3. The first-order valence-electron chi connectivity index (χ1n) is 7.16. The van der Waals surface area contributed by atoms with Crippen molar-refractivity contribution < 1.29 is 24.2 Å². The van der Waals surface area contributed by atoms with Gasteiger partial charge in [-0.05, 0) is 12.8 Å². The van der Waals surface area contributed by atoms with Gasteiger partial charge >= 0.3 is 12.0 Å². The zero-order valence-corrected chi connectivity index (χ0v) is 12.4. The maximum atomic E-state index is 12.2. The summed E-state index contributed by atoms with van der Waals surface area (Å²) in [5.74, 6) is -1.37. The van der Waals surface area contributed by atoms with Crippen LogP contribution in [-0.2, 0) is 14.3 Å². The van der Waals surface area contributed by atoms with Gasteiger partial charge in [0.25, 0.3) is 0 Å². The van der Waals surface area contributed by atoms with Crippen LogP contribution < -0.4 is 10.6 Å². The Balaban J connectivity index is 2.69. The molecule has 1 unspecified atom stereocenters. The highest BCUT2D eigenvalue weighted by Crippen LogP contribution is 2.08. The number of nitrogens with zero attached hydrogens (tertiary/aromatic N) is 1. The maximum Gasteiger partial charge on any atom is 0.326 e. The monoisotopic (exact) mass is 301 g/mol. The highest BCUT2D eigenvalue weighted by Gasteiger charge is 2.34. The third-order valence-electron chi connectivity index (χ3n) is 3.25. The molecule has 1 aliphatic heterocycles. The molecular formula is C13H23N3O5. The molecule has 0 aromatic heterocycles. The second kappa shape index (κ2) is 8.46. The lowest BCUT2D eigenvalue weighted by Crippen LogP contribution is -2.60. The molecule has 0 aromatic carbocycles. The molecule has 3 amide bonds. The molecule has 0 aliphatic carbocycles. The number of hydrogen-bond acceptors (Lipinski definition) is 4. The smallest absolute Gasteiger partial charge is 0.326 e. The van der Waals surface area contributed by atoms with Crippen molar-refractivity contribution in [3.8, 4) is 0 Å². The Hall–Kier alpha value is -1.83. The average Bonchev–Trinajstić information content (AvgIpc) is 2.49. The zero-order valence-electron chi connectivity index (χ0n) is 12.4. The number of ether oxygens (including phenoxy) is 1. The highest BCUT2D eigenvalue weighted by molar-refractivity contribution is 5.89. The molecule has 8 nitrogen and oxygen atoms in total. The number of rotatable bonds is 6. The first-order valence-corrected chi connectivity index (χ1v) is 7.16. The lowest BCUT2D eigenvalue weighted by atomic mass is 10.2. The Morgan fingerprint density at radius 3 is 2.67 bits per heavy atom. The van der Waals surface area contributed by atoms with Gasteiger partial charge < -0.3 is 25.4 Å². The molecule has 0 radical (unpaired) electrons. The van der Waals surface area contributed by atoms with Crippen molar-refractivity contribution in [3.63, 3.8) is 0 Å². The van der Waals surface area contributed by atoms with E-state index in [9.17, 15) is 14.4 Å². The molecule has 0 spiro atoms. The summed E-state index contributed by atoms with van der Waals surface area (Å²) in [5.41, 5.74) is 0. The van der Waals surface area contributed by atoms with E-state index in [2.05, 4.69) is 10.6 Å². The van der Waals surface area contributed by atoms with Gasteiger partial charge in [0, 0.05) is 13.1 Å². The van der Waals surface area contributed by atoms with Gasteiger partial charge in [-0.25, -0.2) is 9.59 Å². The maximum absolute atomic E-state index is 12.2. The number of nitrogens with one attached hydrogen (secondary N) is 2. The van der Waals surface area contributed by atoms with Gasteiger partial charge in [0.1, 0.15) is 12.1 Å². The topological polar surface area (TPSA) is 108 Å². The SMILES string of the molecule is CCCNC(=O)C1COCCN1C(=O)N[C@@H](CC)C(=O)O. The summed E-state index contributed by atoms with van der Waals surface area (Å²) < 4.78 is 5.24. The third-order valence-corrected chi connectivity index (χ3v) is 3.25. The zero-order chi connectivity index (χ0) is 15.8. The molecule has 21 heavy (non-hydrogen) atoms. The Morgan fingerprint density at radius 1 is 1.38 bits per heavy atom. The third kappa shape index (κ3) is 4.89. The summed E-state index contributed by atoms with van der Waals surface area (Å²) in [6.45, 7) is 4.83. The van der Waals surface area contributed by atoms with E-state index in [-0.39, 0.29) is 25.5 Å². The summed E-state index contributed by atoms with van der Waals surface area (Å²) in [6.07, 6.45) is 1.07. The molecule has 3 N–H and O–H groups in total. The molecule has 8 heteroatoms. The fourth-order valence-electron chi connectivity index (χ4n) is 2.00. The lowest BCUT2D eigenvalue weighted by molar-refractivity contribution is -0.139. The van der Waals surface area contributed by atoms with Crippen molar-refractivity contribution in [2.75, 3.05) is 26.3 Å². The number of carbonyl (C=O) groups excluding carboxylic acids is 2. The van der Waals surface area contributed by atoms with Gasteiger partial charge in [0.2, 0.25) is 5.91 Å². The molecule has 1 fully saturated rings. The number of morpholine rings is 1. The Bertz CT molecular complexity index is 388. The number of urea groups is 1. The van der Waals surface area contributed by atoms with Crippen molar-refractivity contribution in [1.82, 2.24) is 15.5 Å². The van der Waals surface area contributed by atoms with Gasteiger partial charge in [-0.3, -0.25) is 4.79 Å². The Labute approximate surface area is 123 Å². The average molecular weight is 301 g/mol. The molecule has 120 valence electrons. The van der Waals surface area contributed by atoms with Crippen molar-refractivity contribution in [1.29, 1.82) is 0 Å². The lowest BCUT2D eigenvalue weighted by Gasteiger charge is -2.35. The van der Waals surface area contributed by atoms with E-state index < -0.39 is 24.1 Å². The second-order valence-corrected chi connectivity index (χ2v) is 4.82. The van der Waals surface area contributed by atoms with Gasteiger partial charge in [0.15, 0.2) is 0 Å². The van der Waals surface area contributed by atoms with Crippen LogP contribution in [0.3, 0.4) is 0 Å². The summed E-state index contributed by atoms with van der Waals surface area (Å²) in [6, 6.07) is -2.24. The van der Waals surface area contributed by atoms with Crippen LogP contribution in [0.4, 0.5) is 4.79 Å². The minimum atomic E-state index is -1.09. The summed E-state index contributed by atoms with van der Waals surface area (Å²) in [7, 11) is 0. The van der Waals surface area contributed by atoms with E-state index in [1.165, 1.54) is 4.90 Å². The van der Waals surface area contributed by atoms with E-state index in [0.29, 0.717) is 13.2 Å². The van der Waals surface area contributed by atoms with E-state index in [4.69, 9.17) is 9.84 Å². The number of aliphatic carboxylic acids is 1. The van der Waals surface area contributed by atoms with Crippen LogP contribution in [0, 0.1) is 0 Å². The fourth-order valence-corrected chi connectivity index (χ4v) is 2.00. The number of carboxylic acid groups (broad SMARTS) is 1. The van der Waals surface area contributed by atoms with Crippen molar-refractivity contribution >= 4 is 17.9 Å². The predicted octanol–water partition coefficient (Wildman–Crippen LogP) is -0.214. The van der Waals surface area contributed by atoms with E-state index in [1.807, 2.05) is 6.92 Å². The predicted molar refractivity (Wildman–Crippen MR) is 74.9 cm³/mol. The van der Waals surface area contributed by atoms with Crippen LogP contribution >= 0.6 is 0 Å². The van der Waals surface area contributed by atoms with E-state index >= 15 is 0 Å². The normalized spacial score (nSPS) is 19.7. The highest BCUT2D eigenvalue weighted by atomic mass is 16.5. The van der Waals surface area contributed by atoms with Crippen LogP contribution in [0.15, 0.2) is 0 Å². The van der Waals surface area contributed by atoms with Gasteiger partial charge in [0.05, 0.1) is 13.2 Å². The Kier molecular flexibility index (Phi) is 6.93. The fraction of sp³-hybridized carbons (Fsp3) is 0.769. The molecule has 0 saturated carbocycles. The molecule has 1 heterocycles. The molecule has 1 aliphatic rings. The molecule has 0 bridgehead atoms. The van der Waals surface area contributed by atoms with Crippen LogP contribution in [0.1, 0.15) is 26.7 Å². The Morgan fingerprint density at radius 2 is 2.10 bits per heavy atom. The minimum absolute atomic E-state index is 0.118. The minimum Gasteiger partial charge on any atom is -0.480 e. The molecule has 2 atom stereocenters. The molecule has 1 rings (SSSR count). The van der Waals surface area contributed by atoms with Crippen molar-refractivity contribution in [3.05, 3.63) is 0 Å². The molecular weight excluding hydrogens is 278 g/mol. The summed E-state index contributed by atoms with van der Waals surface area (Å²) in [5, 5.41) is 14.1. The van der Waals surface area contributed by atoms with Crippen molar-refractivity contribution in [2.24, 2.45) is 0 Å². The van der Waals surface area contributed by atoms with Crippen LogP contribution in [-0.4, -0.2) is 66.3 Å². The van der Waals surface area contributed by atoms with Gasteiger partial charge in [-0.1, -0.05) is 13.8 Å². The quantitative estimate of drug-likeness (QED) is 0.629. The standard InChI is InChI=1S/C13H23N3O5/c1-3-5-14-11(17)10-8-21-7-6-16(10)13(20)15-9(4-2)12(18)19/h9-10H,3-8H2,1-2H3,(H,14,17)(H,15,20)(H,18,19)/t9-,10?/m0/s1. The van der Waals surface area contributed by atoms with Crippen LogP contribution in [0.25, 0.3) is 0 Å². The second-order valence-electron chi connectivity index (χ2n) is 4.82. The molecule has 1 saturated heterocycles. The summed E-state index contributed by atoms with van der Waals surface area (Å²) in [4.78, 5) is 36.5. The largest absolute Gasteiger partial charge is 0.480 e. The van der Waals surface area contributed by atoms with Crippen molar-refractivity contribution in [2.45, 2.75) is 38.8 Å². The van der Waals surface area contributed by atoms with Crippen LogP contribution in [0.5, 0.6) is 0 Å². The van der Waals surface area contributed by atoms with Crippen LogP contribution in [0.2, 0.25) is 0 Å².